The smallest absolute Gasteiger partial charge is 0.388 e. The number of fused-ring (bicyclic) bond motifs is 1. The van der Waals surface area contributed by atoms with Crippen molar-refractivity contribution in [3.8, 4) is 0 Å². The molecule has 3 rings (SSSR count). The van der Waals surface area contributed by atoms with Gasteiger partial charge < -0.3 is 33.1 Å². The van der Waals surface area contributed by atoms with Crippen molar-refractivity contribution < 1.29 is 37.7 Å². The first kappa shape index (κ1) is 21.6. The highest BCUT2D eigenvalue weighted by molar-refractivity contribution is 7.51. The molecule has 28 heavy (non-hydrogen) atoms. The Labute approximate surface area is 164 Å². The van der Waals surface area contributed by atoms with Gasteiger partial charge in [-0.05, 0) is 0 Å². The van der Waals surface area contributed by atoms with E-state index in [1.807, 2.05) is 30.3 Å². The van der Waals surface area contributed by atoms with Crippen LogP contribution in [0.1, 0.15) is 11.9 Å². The summed E-state index contributed by atoms with van der Waals surface area (Å²) in [7, 11) is -1.18. The van der Waals surface area contributed by atoms with Crippen LogP contribution >= 0.6 is 7.75 Å². The van der Waals surface area contributed by atoms with Crippen molar-refractivity contribution in [1.82, 2.24) is 5.09 Å². The lowest BCUT2D eigenvalue weighted by Gasteiger charge is -2.48. The van der Waals surface area contributed by atoms with Crippen LogP contribution in [0.25, 0.3) is 0 Å². The summed E-state index contributed by atoms with van der Waals surface area (Å²) in [4.78, 5) is 0. The van der Waals surface area contributed by atoms with Gasteiger partial charge in [0.05, 0.1) is 19.3 Å². The molecule has 2 fully saturated rings. The lowest BCUT2D eigenvalue weighted by Crippen LogP contribution is -2.65. The van der Waals surface area contributed by atoms with Gasteiger partial charge in [0.15, 0.2) is 12.6 Å². The molecule has 9 nitrogen and oxygen atoms in total. The van der Waals surface area contributed by atoms with Crippen LogP contribution in [0, 0.1) is 0 Å². The second kappa shape index (κ2) is 9.58. The normalized spacial score (nSPS) is 33.2. The molecule has 2 aliphatic rings. The van der Waals surface area contributed by atoms with E-state index in [2.05, 4.69) is 11.7 Å². The van der Waals surface area contributed by atoms with Crippen molar-refractivity contribution in [2.45, 2.75) is 36.9 Å². The molecule has 0 spiro atoms. The van der Waals surface area contributed by atoms with Crippen molar-refractivity contribution in [1.29, 1.82) is 0 Å². The molecule has 0 bridgehead atoms. The number of ether oxygens (including phenoxy) is 4. The molecule has 10 heteroatoms. The highest BCUT2D eigenvalue weighted by atomic mass is 31.2. The van der Waals surface area contributed by atoms with E-state index < -0.39 is 44.7 Å². The van der Waals surface area contributed by atoms with E-state index in [1.54, 1.807) is 6.08 Å². The first-order valence-electron chi connectivity index (χ1n) is 8.88. The van der Waals surface area contributed by atoms with E-state index in [0.717, 1.165) is 5.56 Å². The van der Waals surface area contributed by atoms with Gasteiger partial charge in [0.2, 0.25) is 0 Å². The fourth-order valence-corrected chi connectivity index (χ4v) is 4.18. The maximum Gasteiger partial charge on any atom is 0.405 e. The molecule has 0 radical (unpaired) electrons. The standard InChI is InChI=1S/C18H26NO8P/c1-4-10-24-18-14(19-28(21,22-2)23-3)15(20)16-13(26-18)11-25-17(27-16)12-8-6-5-7-9-12/h4-9,13-18,20H,1,10-11H2,2-3H3,(H,19,21)/t13-,14-,15-,16-,17-,18-/m1/s1. The zero-order valence-electron chi connectivity index (χ0n) is 15.8. The number of nitrogens with one attached hydrogen (secondary N) is 1. The van der Waals surface area contributed by atoms with Crippen LogP contribution in [-0.2, 0) is 32.6 Å². The van der Waals surface area contributed by atoms with E-state index in [0.29, 0.717) is 0 Å². The zero-order chi connectivity index (χ0) is 20.1. The Kier molecular flexibility index (Phi) is 7.38. The van der Waals surface area contributed by atoms with E-state index in [-0.39, 0.29) is 13.2 Å². The van der Waals surface area contributed by atoms with E-state index in [1.165, 1.54) is 14.2 Å². The summed E-state index contributed by atoms with van der Waals surface area (Å²) in [6, 6.07) is 8.45. The highest BCUT2D eigenvalue weighted by Gasteiger charge is 2.51. The minimum Gasteiger partial charge on any atom is -0.388 e. The van der Waals surface area contributed by atoms with Gasteiger partial charge >= 0.3 is 7.75 Å². The molecule has 156 valence electrons. The lowest BCUT2D eigenvalue weighted by molar-refractivity contribution is -0.342. The number of aliphatic hydroxyl groups is 1. The molecule has 2 saturated heterocycles. The van der Waals surface area contributed by atoms with Gasteiger partial charge in [-0.25, -0.2) is 9.65 Å². The summed E-state index contributed by atoms with van der Waals surface area (Å²) >= 11 is 0. The lowest BCUT2D eigenvalue weighted by atomic mass is 9.96. The van der Waals surface area contributed by atoms with Gasteiger partial charge in [0, 0.05) is 19.8 Å². The van der Waals surface area contributed by atoms with Crippen LogP contribution in [0.4, 0.5) is 0 Å². The first-order valence-corrected chi connectivity index (χ1v) is 10.4. The topological polar surface area (TPSA) is 105 Å². The van der Waals surface area contributed by atoms with Crippen molar-refractivity contribution in [2.24, 2.45) is 0 Å². The predicted octanol–water partition coefficient (Wildman–Crippen LogP) is 1.75. The maximum absolute atomic E-state index is 12.6. The molecule has 1 aromatic rings. The number of rotatable bonds is 8. The van der Waals surface area contributed by atoms with Crippen molar-refractivity contribution in [2.75, 3.05) is 27.4 Å². The summed E-state index contributed by atoms with van der Waals surface area (Å²) in [5.74, 6) is 0. The largest absolute Gasteiger partial charge is 0.405 e. The van der Waals surface area contributed by atoms with Crippen molar-refractivity contribution in [3.63, 3.8) is 0 Å². The molecule has 0 aliphatic carbocycles. The van der Waals surface area contributed by atoms with E-state index >= 15 is 0 Å². The Morgan fingerprint density at radius 1 is 1.29 bits per heavy atom. The fourth-order valence-electron chi connectivity index (χ4n) is 3.18. The molecular formula is C18H26NO8P. The Balaban J connectivity index is 1.79. The van der Waals surface area contributed by atoms with Crippen molar-refractivity contribution >= 4 is 7.75 Å². The Morgan fingerprint density at radius 2 is 2.00 bits per heavy atom. The van der Waals surface area contributed by atoms with Gasteiger partial charge in [0.1, 0.15) is 18.3 Å². The summed E-state index contributed by atoms with van der Waals surface area (Å²) < 4.78 is 45.7. The molecule has 0 amide bonds. The maximum atomic E-state index is 12.6. The Morgan fingerprint density at radius 3 is 2.64 bits per heavy atom. The first-order chi connectivity index (χ1) is 13.5. The summed E-state index contributed by atoms with van der Waals surface area (Å²) in [6.07, 6.45) is -2.46. The highest BCUT2D eigenvalue weighted by Crippen LogP contribution is 2.44. The average molecular weight is 415 g/mol. The number of aliphatic hydroxyl groups excluding tert-OH is 1. The van der Waals surface area contributed by atoms with E-state index in [9.17, 15) is 9.67 Å². The number of hydrogen-bond acceptors (Lipinski definition) is 8. The zero-order valence-corrected chi connectivity index (χ0v) is 16.7. The molecular weight excluding hydrogens is 389 g/mol. The van der Waals surface area contributed by atoms with Crippen LogP contribution in [0.15, 0.2) is 43.0 Å². The van der Waals surface area contributed by atoms with Gasteiger partial charge in [-0.1, -0.05) is 36.4 Å². The third-order valence-electron chi connectivity index (χ3n) is 4.60. The third kappa shape index (κ3) is 4.71. The molecule has 2 N–H and O–H groups in total. The van der Waals surface area contributed by atoms with Gasteiger partial charge in [-0.2, -0.15) is 0 Å². The number of hydrogen-bond donors (Lipinski definition) is 2. The van der Waals surface area contributed by atoms with Crippen LogP contribution < -0.4 is 5.09 Å². The van der Waals surface area contributed by atoms with Crippen molar-refractivity contribution in [3.05, 3.63) is 48.6 Å². The quantitative estimate of drug-likeness (QED) is 0.485. The summed E-state index contributed by atoms with van der Waals surface area (Å²) in [6.45, 7) is 3.98. The van der Waals surface area contributed by atoms with E-state index in [4.69, 9.17) is 28.0 Å². The second-order valence-electron chi connectivity index (χ2n) is 6.35. The SMILES string of the molecule is C=CCO[C@@H]1O[C@@H]2CO[C@@H](c3ccccc3)O[C@H]2[C@H](O)[C@H]1NP(=O)(OC)OC. The molecule has 2 aliphatic heterocycles. The minimum atomic E-state index is -3.66. The van der Waals surface area contributed by atoms with Gasteiger partial charge in [-0.3, -0.25) is 0 Å². The van der Waals surface area contributed by atoms with Crippen LogP contribution in [0.3, 0.4) is 0 Å². The molecule has 1 aromatic carbocycles. The summed E-state index contributed by atoms with van der Waals surface area (Å²) in [5.41, 5.74) is 0.821. The molecule has 2 heterocycles. The van der Waals surface area contributed by atoms with Gasteiger partial charge in [-0.15, -0.1) is 6.58 Å². The molecule has 0 saturated carbocycles. The Bertz CT molecular complexity index is 681. The van der Waals surface area contributed by atoms with Crippen LogP contribution in [0.5, 0.6) is 0 Å². The molecule has 6 atom stereocenters. The summed E-state index contributed by atoms with van der Waals surface area (Å²) in [5, 5.41) is 13.7. The third-order valence-corrected chi connectivity index (χ3v) is 6.18. The van der Waals surface area contributed by atoms with Gasteiger partial charge in [0.25, 0.3) is 0 Å². The second-order valence-corrected chi connectivity index (χ2v) is 8.33. The Hall–Kier alpha value is -1.13. The predicted molar refractivity (Wildman–Crippen MR) is 99.4 cm³/mol. The number of benzene rings is 1. The molecule has 0 aromatic heterocycles. The molecule has 0 unspecified atom stereocenters. The minimum absolute atomic E-state index is 0.172. The van der Waals surface area contributed by atoms with Crippen LogP contribution in [0.2, 0.25) is 0 Å². The monoisotopic (exact) mass is 415 g/mol. The van der Waals surface area contributed by atoms with Crippen LogP contribution in [-0.4, -0.2) is 63.2 Å². The average Bonchev–Trinajstić information content (AvgIpc) is 2.74. The fraction of sp³-hybridized carbons (Fsp3) is 0.556.